The summed E-state index contributed by atoms with van der Waals surface area (Å²) in [5, 5.41) is 3.06. The Morgan fingerprint density at radius 3 is 2.57 bits per heavy atom. The van der Waals surface area contributed by atoms with Crippen LogP contribution in [-0.2, 0) is 16.6 Å². The van der Waals surface area contributed by atoms with Crippen LogP contribution >= 0.6 is 11.3 Å². The van der Waals surface area contributed by atoms with Crippen molar-refractivity contribution in [2.24, 2.45) is 0 Å². The zero-order valence-corrected chi connectivity index (χ0v) is 12.8. The number of sulfonamides is 1. The van der Waals surface area contributed by atoms with E-state index >= 15 is 0 Å². The Bertz CT molecular complexity index is 546. The minimum Gasteiger partial charge on any atom is -0.312 e. The molecule has 4 nitrogen and oxygen atoms in total. The first-order valence-corrected chi connectivity index (χ1v) is 8.44. The van der Waals surface area contributed by atoms with Crippen molar-refractivity contribution < 1.29 is 26.0 Å². The Kier molecular flexibility index (Phi) is 6.57. The Morgan fingerprint density at radius 2 is 2.00 bits per heavy atom. The summed E-state index contributed by atoms with van der Waals surface area (Å²) < 4.78 is 74.2. The van der Waals surface area contributed by atoms with Crippen molar-refractivity contribution in [1.82, 2.24) is 10.0 Å². The van der Waals surface area contributed by atoms with Crippen LogP contribution in [0.2, 0.25) is 0 Å². The van der Waals surface area contributed by atoms with Gasteiger partial charge in [-0.2, -0.15) is 8.78 Å². The van der Waals surface area contributed by atoms with E-state index in [4.69, 9.17) is 0 Å². The topological polar surface area (TPSA) is 58.2 Å². The van der Waals surface area contributed by atoms with Crippen LogP contribution < -0.4 is 10.0 Å². The van der Waals surface area contributed by atoms with E-state index in [1.165, 1.54) is 10.8 Å². The number of hydrogen-bond acceptors (Lipinski definition) is 4. The van der Waals surface area contributed by atoms with Gasteiger partial charge in [-0.1, -0.05) is 6.92 Å². The molecule has 0 saturated carbocycles. The highest BCUT2D eigenvalue weighted by atomic mass is 32.2. The molecule has 0 aliphatic heterocycles. The van der Waals surface area contributed by atoms with Crippen molar-refractivity contribution in [2.75, 3.05) is 13.1 Å². The molecule has 1 aromatic heterocycles. The number of nitrogens with one attached hydrogen (secondary N) is 2. The molecule has 0 spiro atoms. The van der Waals surface area contributed by atoms with E-state index in [1.807, 2.05) is 6.92 Å². The van der Waals surface area contributed by atoms with Gasteiger partial charge >= 0.3 is 12.3 Å². The van der Waals surface area contributed by atoms with Crippen molar-refractivity contribution >= 4 is 21.4 Å². The largest absolute Gasteiger partial charge is 0.320 e. The van der Waals surface area contributed by atoms with E-state index in [2.05, 4.69) is 5.32 Å². The Labute approximate surface area is 124 Å². The Morgan fingerprint density at radius 1 is 1.33 bits per heavy atom. The molecule has 0 fully saturated rings. The summed E-state index contributed by atoms with van der Waals surface area (Å²) in [6.45, 7) is 1.57. The molecular weight excluding hydrogens is 332 g/mol. The van der Waals surface area contributed by atoms with Crippen LogP contribution in [-0.4, -0.2) is 33.9 Å². The highest BCUT2D eigenvalue weighted by Crippen LogP contribution is 2.24. The van der Waals surface area contributed by atoms with Gasteiger partial charge < -0.3 is 5.32 Å². The normalized spacial score (nSPS) is 13.0. The van der Waals surface area contributed by atoms with Gasteiger partial charge in [-0.05, 0) is 25.1 Å². The lowest BCUT2D eigenvalue weighted by Gasteiger charge is -2.15. The number of halogens is 4. The fourth-order valence-corrected chi connectivity index (χ4v) is 3.74. The molecule has 10 heteroatoms. The number of thiophene rings is 1. The summed E-state index contributed by atoms with van der Waals surface area (Å²) in [5.74, 6) is -4.39. The molecule has 1 aromatic rings. The second-order valence-electron chi connectivity index (χ2n) is 4.28. The van der Waals surface area contributed by atoms with Gasteiger partial charge in [0.25, 0.3) is 0 Å². The van der Waals surface area contributed by atoms with Crippen molar-refractivity contribution in [3.8, 4) is 0 Å². The van der Waals surface area contributed by atoms with Crippen LogP contribution in [0.25, 0.3) is 0 Å². The van der Waals surface area contributed by atoms with Crippen LogP contribution in [0, 0.1) is 0 Å². The van der Waals surface area contributed by atoms with Crippen molar-refractivity contribution in [1.29, 1.82) is 0 Å². The van der Waals surface area contributed by atoms with Crippen LogP contribution in [0.15, 0.2) is 16.3 Å². The zero-order valence-electron chi connectivity index (χ0n) is 11.2. The Hall–Kier alpha value is -0.710. The smallest absolute Gasteiger partial charge is 0.312 e. The molecule has 0 unspecified atom stereocenters. The molecule has 0 aliphatic rings. The van der Waals surface area contributed by atoms with Crippen LogP contribution in [0.5, 0.6) is 0 Å². The summed E-state index contributed by atoms with van der Waals surface area (Å²) in [6.07, 6.45) is -3.00. The van der Waals surface area contributed by atoms with Crippen LogP contribution in [0.1, 0.15) is 18.2 Å². The highest BCUT2D eigenvalue weighted by molar-refractivity contribution is 7.91. The third-order valence-electron chi connectivity index (χ3n) is 2.45. The van der Waals surface area contributed by atoms with E-state index < -0.39 is 28.9 Å². The summed E-state index contributed by atoms with van der Waals surface area (Å²) in [7, 11) is -4.21. The molecule has 2 N–H and O–H groups in total. The molecular formula is C11H16F4N2O2S2. The lowest BCUT2D eigenvalue weighted by molar-refractivity contribution is -0.122. The first-order valence-electron chi connectivity index (χ1n) is 6.14. The maximum Gasteiger partial charge on any atom is 0.320 e. The first kappa shape index (κ1) is 18.3. The third-order valence-corrected chi connectivity index (χ3v) is 5.42. The first-order chi connectivity index (χ1) is 9.69. The number of alkyl halides is 4. The van der Waals surface area contributed by atoms with Crippen LogP contribution in [0.4, 0.5) is 17.6 Å². The van der Waals surface area contributed by atoms with Crippen LogP contribution in [0.3, 0.4) is 0 Å². The number of rotatable bonds is 9. The van der Waals surface area contributed by atoms with Gasteiger partial charge in [-0.3, -0.25) is 0 Å². The van der Waals surface area contributed by atoms with Gasteiger partial charge in [0, 0.05) is 11.4 Å². The second kappa shape index (κ2) is 7.52. The molecule has 0 radical (unpaired) electrons. The molecule has 1 rings (SSSR count). The van der Waals surface area contributed by atoms with E-state index in [0.717, 1.165) is 24.3 Å². The fourth-order valence-electron chi connectivity index (χ4n) is 1.33. The molecule has 0 bridgehead atoms. The summed E-state index contributed by atoms with van der Waals surface area (Å²) in [5.41, 5.74) is 0. The molecule has 0 saturated heterocycles. The summed E-state index contributed by atoms with van der Waals surface area (Å²) >= 11 is 0.904. The fraction of sp³-hybridized carbons (Fsp3) is 0.636. The standard InChI is InChI=1S/C11H16F4N2O2S2/c1-2-5-16-6-8-3-4-9(20-8)21(18,19)17-7-11(14,15)10(12)13/h3-4,10,16-17H,2,5-7H2,1H3. The van der Waals surface area contributed by atoms with Crippen molar-refractivity contribution in [3.05, 3.63) is 17.0 Å². The predicted octanol–water partition coefficient (Wildman–Crippen LogP) is 2.43. The van der Waals surface area contributed by atoms with Crippen molar-refractivity contribution in [3.63, 3.8) is 0 Å². The van der Waals surface area contributed by atoms with Gasteiger partial charge in [-0.25, -0.2) is 21.9 Å². The quantitative estimate of drug-likeness (QED) is 0.532. The predicted molar refractivity (Wildman–Crippen MR) is 72.5 cm³/mol. The summed E-state index contributed by atoms with van der Waals surface area (Å²) in [6, 6.07) is 2.81. The average molecular weight is 348 g/mol. The monoisotopic (exact) mass is 348 g/mol. The lowest BCUT2D eigenvalue weighted by Crippen LogP contribution is -2.41. The molecule has 0 amide bonds. The maximum absolute atomic E-state index is 12.7. The highest BCUT2D eigenvalue weighted by Gasteiger charge is 2.41. The minimum absolute atomic E-state index is 0.180. The van der Waals surface area contributed by atoms with Gasteiger partial charge in [-0.15, -0.1) is 11.3 Å². The zero-order chi connectivity index (χ0) is 16.1. The van der Waals surface area contributed by atoms with E-state index in [-0.39, 0.29) is 4.21 Å². The van der Waals surface area contributed by atoms with E-state index in [1.54, 1.807) is 6.07 Å². The molecule has 122 valence electrons. The molecule has 0 aromatic carbocycles. The minimum atomic E-state index is -4.39. The van der Waals surface area contributed by atoms with E-state index in [0.29, 0.717) is 11.4 Å². The second-order valence-corrected chi connectivity index (χ2v) is 7.45. The lowest BCUT2D eigenvalue weighted by atomic mass is 10.4. The maximum atomic E-state index is 12.7. The Balaban J connectivity index is 2.66. The van der Waals surface area contributed by atoms with Gasteiger partial charge in [0.05, 0.1) is 6.54 Å². The average Bonchev–Trinajstić information content (AvgIpc) is 2.86. The van der Waals surface area contributed by atoms with Gasteiger partial charge in [0.1, 0.15) is 4.21 Å². The third kappa shape index (κ3) is 5.53. The molecule has 0 atom stereocenters. The SMILES string of the molecule is CCCNCc1ccc(S(=O)(=O)NCC(F)(F)C(F)F)s1. The van der Waals surface area contributed by atoms with Crippen molar-refractivity contribution in [2.45, 2.75) is 36.4 Å². The molecule has 1 heterocycles. The van der Waals surface area contributed by atoms with Gasteiger partial charge in [0.15, 0.2) is 0 Å². The molecule has 0 aliphatic carbocycles. The summed E-state index contributed by atoms with van der Waals surface area (Å²) in [4.78, 5) is 0.712. The number of hydrogen-bond donors (Lipinski definition) is 2. The van der Waals surface area contributed by atoms with Gasteiger partial charge in [0.2, 0.25) is 10.0 Å². The van der Waals surface area contributed by atoms with E-state index in [9.17, 15) is 26.0 Å². The molecule has 21 heavy (non-hydrogen) atoms.